The molecule has 0 aromatic carbocycles. The van der Waals surface area contributed by atoms with Crippen LogP contribution in [0.5, 0.6) is 0 Å². The molecule has 0 heterocycles. The second-order valence-electron chi connectivity index (χ2n) is 7.47. The summed E-state index contributed by atoms with van der Waals surface area (Å²) < 4.78 is 232. The molecule has 0 aliphatic carbocycles. The van der Waals surface area contributed by atoms with Gasteiger partial charge >= 0.3 is 53.6 Å². The van der Waals surface area contributed by atoms with E-state index in [1.807, 2.05) is 0 Å². The van der Waals surface area contributed by atoms with Crippen LogP contribution in [0.1, 0.15) is 20.3 Å². The Hall–Kier alpha value is -2.02. The standard InChI is InChI=1S/C17H15F17O3/c1-7(2)9(35)37-8(3)6-36-5-4-10(18,19)11(20,21)12(22,23)13(24,25)14(26,27)15(28,29)16(30,31)17(32,33)34/h8H,1,4-6H2,2-3H3. The molecular formula is C17H15F17O3. The minimum absolute atomic E-state index is 0.184. The number of esters is 1. The highest BCUT2D eigenvalue weighted by Gasteiger charge is 2.95. The minimum atomic E-state index is -8.67. The fraction of sp³-hybridized carbons (Fsp3) is 0.824. The molecule has 220 valence electrons. The number of ether oxygens (including phenoxy) is 2. The quantitative estimate of drug-likeness (QED) is 0.101. The summed E-state index contributed by atoms with van der Waals surface area (Å²) in [7, 11) is 0. The molecule has 0 saturated carbocycles. The van der Waals surface area contributed by atoms with Crippen LogP contribution in [0.2, 0.25) is 0 Å². The summed E-state index contributed by atoms with van der Waals surface area (Å²) >= 11 is 0. The largest absolute Gasteiger partial charge is 0.460 e. The zero-order valence-corrected chi connectivity index (χ0v) is 18.1. The highest BCUT2D eigenvalue weighted by molar-refractivity contribution is 5.87. The predicted octanol–water partition coefficient (Wildman–Crippen LogP) is 6.91. The van der Waals surface area contributed by atoms with Crippen molar-refractivity contribution in [1.29, 1.82) is 0 Å². The van der Waals surface area contributed by atoms with E-state index in [1.54, 1.807) is 0 Å². The fourth-order valence-electron chi connectivity index (χ4n) is 2.12. The van der Waals surface area contributed by atoms with Crippen LogP contribution in [0.3, 0.4) is 0 Å². The molecule has 0 fully saturated rings. The summed E-state index contributed by atoms with van der Waals surface area (Å²) in [6.45, 7) is 2.60. The maximum Gasteiger partial charge on any atom is 0.460 e. The summed E-state index contributed by atoms with van der Waals surface area (Å²) in [6.07, 6.45) is -11.9. The molecule has 0 aromatic rings. The minimum Gasteiger partial charge on any atom is -0.457 e. The maximum absolute atomic E-state index is 13.7. The van der Waals surface area contributed by atoms with Gasteiger partial charge in [0.2, 0.25) is 0 Å². The Morgan fingerprint density at radius 1 is 0.676 bits per heavy atom. The number of hydrogen-bond donors (Lipinski definition) is 0. The summed E-state index contributed by atoms with van der Waals surface area (Å²) in [5.74, 6) is -57.7. The Morgan fingerprint density at radius 3 is 1.38 bits per heavy atom. The highest BCUT2D eigenvalue weighted by atomic mass is 19.4. The lowest BCUT2D eigenvalue weighted by Gasteiger charge is -2.42. The van der Waals surface area contributed by atoms with Gasteiger partial charge in [-0.25, -0.2) is 4.79 Å². The van der Waals surface area contributed by atoms with Crippen LogP contribution in [-0.2, 0) is 14.3 Å². The van der Waals surface area contributed by atoms with Gasteiger partial charge in [0.25, 0.3) is 0 Å². The van der Waals surface area contributed by atoms with Crippen molar-refractivity contribution in [2.45, 2.75) is 74.0 Å². The second kappa shape index (κ2) is 10.3. The predicted molar refractivity (Wildman–Crippen MR) is 86.5 cm³/mol. The topological polar surface area (TPSA) is 35.5 Å². The number of carbonyl (C=O) groups excluding carboxylic acids is 1. The third kappa shape index (κ3) is 5.86. The lowest BCUT2D eigenvalue weighted by atomic mass is 9.88. The Balaban J connectivity index is 5.95. The van der Waals surface area contributed by atoms with Gasteiger partial charge in [0, 0.05) is 12.0 Å². The van der Waals surface area contributed by atoms with Crippen LogP contribution in [0.25, 0.3) is 0 Å². The second-order valence-corrected chi connectivity index (χ2v) is 7.47. The van der Waals surface area contributed by atoms with Crippen LogP contribution in [-0.4, -0.2) is 72.9 Å². The van der Waals surface area contributed by atoms with E-state index in [0.29, 0.717) is 0 Å². The van der Waals surface area contributed by atoms with E-state index >= 15 is 0 Å². The van der Waals surface area contributed by atoms with E-state index in [0.717, 1.165) is 13.8 Å². The Kier molecular flexibility index (Phi) is 9.71. The van der Waals surface area contributed by atoms with Crippen molar-refractivity contribution in [2.75, 3.05) is 13.2 Å². The number of rotatable bonds is 13. The highest BCUT2D eigenvalue weighted by Crippen LogP contribution is 2.64. The smallest absolute Gasteiger partial charge is 0.457 e. The first-order valence-corrected chi connectivity index (χ1v) is 9.13. The molecule has 3 nitrogen and oxygen atoms in total. The Bertz CT molecular complexity index is 831. The van der Waals surface area contributed by atoms with E-state index in [1.165, 1.54) is 0 Å². The molecule has 1 atom stereocenters. The molecule has 0 saturated heterocycles. The van der Waals surface area contributed by atoms with Crippen molar-refractivity contribution < 1.29 is 88.9 Å². The normalized spacial score (nSPS) is 16.0. The van der Waals surface area contributed by atoms with Crippen LogP contribution >= 0.6 is 0 Å². The van der Waals surface area contributed by atoms with Gasteiger partial charge in [-0.15, -0.1) is 0 Å². The lowest BCUT2D eigenvalue weighted by molar-refractivity contribution is -0.462. The zero-order valence-electron chi connectivity index (χ0n) is 18.1. The molecule has 37 heavy (non-hydrogen) atoms. The molecule has 0 aromatic heterocycles. The molecule has 0 rings (SSSR count). The third-order valence-electron chi connectivity index (χ3n) is 4.36. The van der Waals surface area contributed by atoms with Gasteiger partial charge in [-0.2, -0.15) is 74.6 Å². The van der Waals surface area contributed by atoms with Gasteiger partial charge < -0.3 is 9.47 Å². The van der Waals surface area contributed by atoms with Crippen molar-refractivity contribution >= 4 is 5.97 Å². The molecule has 0 aliphatic heterocycles. The number of hydrogen-bond acceptors (Lipinski definition) is 3. The maximum atomic E-state index is 13.7. The monoisotopic (exact) mass is 590 g/mol. The van der Waals surface area contributed by atoms with Gasteiger partial charge in [0.1, 0.15) is 6.10 Å². The Morgan fingerprint density at radius 2 is 1.03 bits per heavy atom. The van der Waals surface area contributed by atoms with Crippen LogP contribution in [0.4, 0.5) is 74.6 Å². The molecular weight excluding hydrogens is 575 g/mol. The Labute approximate surface area is 195 Å². The molecule has 0 amide bonds. The van der Waals surface area contributed by atoms with Crippen LogP contribution in [0.15, 0.2) is 12.2 Å². The first-order valence-electron chi connectivity index (χ1n) is 9.13. The average molecular weight is 590 g/mol. The van der Waals surface area contributed by atoms with E-state index in [4.69, 9.17) is 0 Å². The van der Waals surface area contributed by atoms with E-state index in [2.05, 4.69) is 16.1 Å². The number of carbonyl (C=O) groups is 1. The van der Waals surface area contributed by atoms with Gasteiger partial charge in [-0.3, -0.25) is 0 Å². The third-order valence-corrected chi connectivity index (χ3v) is 4.36. The summed E-state index contributed by atoms with van der Waals surface area (Å²) in [5.41, 5.74) is -0.184. The number of alkyl halides is 17. The van der Waals surface area contributed by atoms with Gasteiger partial charge in [0.15, 0.2) is 0 Å². The summed E-state index contributed by atoms with van der Waals surface area (Å²) in [4.78, 5) is 11.2. The lowest BCUT2D eigenvalue weighted by Crippen LogP contribution is -2.74. The van der Waals surface area contributed by atoms with Gasteiger partial charge in [-0.05, 0) is 13.8 Å². The summed E-state index contributed by atoms with van der Waals surface area (Å²) in [6, 6.07) is 0. The van der Waals surface area contributed by atoms with Crippen LogP contribution in [0, 0.1) is 0 Å². The molecule has 0 radical (unpaired) electrons. The molecule has 20 heteroatoms. The molecule has 0 spiro atoms. The van der Waals surface area contributed by atoms with Gasteiger partial charge in [0.05, 0.1) is 13.2 Å². The van der Waals surface area contributed by atoms with Crippen molar-refractivity contribution in [3.8, 4) is 0 Å². The van der Waals surface area contributed by atoms with Crippen molar-refractivity contribution in [3.05, 3.63) is 12.2 Å². The fourth-order valence-corrected chi connectivity index (χ4v) is 2.12. The molecule has 0 bridgehead atoms. The molecule has 0 N–H and O–H groups in total. The number of halogens is 17. The van der Waals surface area contributed by atoms with E-state index in [-0.39, 0.29) is 5.57 Å². The average Bonchev–Trinajstić information content (AvgIpc) is 2.69. The van der Waals surface area contributed by atoms with Crippen molar-refractivity contribution in [1.82, 2.24) is 0 Å². The van der Waals surface area contributed by atoms with Crippen LogP contribution < -0.4 is 0 Å². The van der Waals surface area contributed by atoms with E-state index < -0.39 is 79.3 Å². The first-order chi connectivity index (χ1) is 16.0. The molecule has 0 aliphatic rings. The summed E-state index contributed by atoms with van der Waals surface area (Å²) in [5, 5.41) is 0. The zero-order chi connectivity index (χ0) is 30.3. The molecule has 1 unspecified atom stereocenters. The first kappa shape index (κ1) is 35.0. The van der Waals surface area contributed by atoms with E-state index in [9.17, 15) is 79.4 Å². The SMILES string of the molecule is C=C(C)C(=O)OC(C)COCCC(F)(F)C(F)(F)C(F)(F)C(F)(F)C(F)(F)C(F)(F)C(F)(F)C(F)(F)F. The van der Waals surface area contributed by atoms with Gasteiger partial charge in [-0.1, -0.05) is 6.58 Å². The van der Waals surface area contributed by atoms with Crippen molar-refractivity contribution in [3.63, 3.8) is 0 Å². The van der Waals surface area contributed by atoms with Crippen molar-refractivity contribution in [2.24, 2.45) is 0 Å².